The third kappa shape index (κ3) is 8.11. The van der Waals surface area contributed by atoms with E-state index in [1.807, 2.05) is 0 Å². The van der Waals surface area contributed by atoms with Gasteiger partial charge in [0.25, 0.3) is 0 Å². The van der Waals surface area contributed by atoms with E-state index in [9.17, 15) is 27.6 Å². The highest BCUT2D eigenvalue weighted by Gasteiger charge is 2.36. The summed E-state index contributed by atoms with van der Waals surface area (Å²) in [4.78, 5) is 31.2. The Morgan fingerprint density at radius 3 is 2.13 bits per heavy atom. The van der Waals surface area contributed by atoms with E-state index in [0.717, 1.165) is 0 Å². The highest BCUT2D eigenvalue weighted by atomic mass is 35.5. The molecule has 8 nitrogen and oxygen atoms in total. The van der Waals surface area contributed by atoms with Crippen LogP contribution in [0.15, 0.2) is 42.5 Å². The van der Waals surface area contributed by atoms with E-state index in [0.29, 0.717) is 10.6 Å². The molecule has 1 atom stereocenters. The van der Waals surface area contributed by atoms with Crippen LogP contribution in [0.2, 0.25) is 10.0 Å². The topological polar surface area (TPSA) is 133 Å². The fraction of sp³-hybridized carbons (Fsp3) is 0.316. The van der Waals surface area contributed by atoms with Crippen LogP contribution in [0, 0.1) is 5.92 Å². The van der Waals surface area contributed by atoms with Crippen molar-refractivity contribution in [2.45, 2.75) is 31.7 Å². The third-order valence-electron chi connectivity index (χ3n) is 4.17. The van der Waals surface area contributed by atoms with Crippen LogP contribution < -0.4 is 10.0 Å². The fourth-order valence-corrected chi connectivity index (χ4v) is 5.33. The van der Waals surface area contributed by atoms with Crippen molar-refractivity contribution in [3.8, 4) is 0 Å². The molecule has 2 rings (SSSR count). The average Bonchev–Trinajstić information content (AvgIpc) is 2.63. The summed E-state index contributed by atoms with van der Waals surface area (Å²) in [6.07, 6.45) is 0.0305. The zero-order valence-corrected chi connectivity index (χ0v) is 20.0. The van der Waals surface area contributed by atoms with E-state index in [-0.39, 0.29) is 34.5 Å². The molecule has 170 valence electrons. The van der Waals surface area contributed by atoms with Gasteiger partial charge in [-0.15, -0.1) is 0 Å². The maximum Gasteiger partial charge on any atom is 0.337 e. The molecule has 0 saturated carbocycles. The number of hydrogen-bond donors (Lipinski definition) is 4. The Hall–Kier alpha value is -1.61. The van der Waals surface area contributed by atoms with Gasteiger partial charge in [-0.1, -0.05) is 43.1 Å². The summed E-state index contributed by atoms with van der Waals surface area (Å²) < 4.78 is 38.8. The normalized spacial score (nSPS) is 13.1. The Morgan fingerprint density at radius 2 is 1.61 bits per heavy atom. The van der Waals surface area contributed by atoms with Crippen molar-refractivity contribution in [1.29, 1.82) is 0 Å². The van der Waals surface area contributed by atoms with Crippen molar-refractivity contribution in [2.75, 3.05) is 10.0 Å². The first-order chi connectivity index (χ1) is 14.3. The SMILES string of the molecule is CC(C)CC(C(=O)Nc1ccc(NS(=O)(=O)Cc2ccc(Cl)c(Cl)c2)cc1)P(=O)(O)O. The minimum atomic E-state index is -4.62. The van der Waals surface area contributed by atoms with Crippen molar-refractivity contribution < 1.29 is 27.6 Å². The maximum atomic E-state index is 12.4. The number of halogens is 2. The predicted octanol–water partition coefficient (Wildman–Crippen LogP) is 4.47. The standard InChI is InChI=1S/C19H23Cl2N2O6PS/c1-12(2)9-18(30(25,26)27)19(24)22-14-4-6-15(7-5-14)23-31(28,29)11-13-3-8-16(20)17(21)10-13/h3-8,10,12,18,23H,9,11H2,1-2H3,(H,22,24)(H2,25,26,27). The summed E-state index contributed by atoms with van der Waals surface area (Å²) >= 11 is 11.7. The molecule has 0 aromatic heterocycles. The second-order valence-electron chi connectivity index (χ2n) is 7.41. The van der Waals surface area contributed by atoms with Gasteiger partial charge in [0, 0.05) is 11.4 Å². The molecule has 0 radical (unpaired) electrons. The molecule has 4 N–H and O–H groups in total. The molecule has 0 aliphatic carbocycles. The highest BCUT2D eigenvalue weighted by molar-refractivity contribution is 7.91. The van der Waals surface area contributed by atoms with Crippen LogP contribution in [0.25, 0.3) is 0 Å². The quantitative estimate of drug-likeness (QED) is 0.369. The van der Waals surface area contributed by atoms with E-state index >= 15 is 0 Å². The molecular weight excluding hydrogens is 486 g/mol. The first-order valence-corrected chi connectivity index (χ1v) is 13.3. The highest BCUT2D eigenvalue weighted by Crippen LogP contribution is 2.44. The summed E-state index contributed by atoms with van der Waals surface area (Å²) in [5.41, 5.74) is -0.470. The van der Waals surface area contributed by atoms with Gasteiger partial charge in [0.05, 0.1) is 15.8 Å². The van der Waals surface area contributed by atoms with Gasteiger partial charge >= 0.3 is 7.60 Å². The number of carbonyl (C=O) groups excluding carboxylic acids is 1. The Bertz CT molecular complexity index is 1090. The lowest BCUT2D eigenvalue weighted by Crippen LogP contribution is -2.29. The van der Waals surface area contributed by atoms with E-state index in [1.165, 1.54) is 36.4 Å². The number of sulfonamides is 1. The number of carbonyl (C=O) groups is 1. The van der Waals surface area contributed by atoms with Crippen LogP contribution in [-0.4, -0.2) is 29.8 Å². The van der Waals surface area contributed by atoms with Crippen molar-refractivity contribution in [3.63, 3.8) is 0 Å². The van der Waals surface area contributed by atoms with Crippen molar-refractivity contribution in [2.24, 2.45) is 5.92 Å². The minimum Gasteiger partial charge on any atom is -0.325 e. The summed E-state index contributed by atoms with van der Waals surface area (Å²) in [7, 11) is -8.36. The monoisotopic (exact) mass is 508 g/mol. The summed E-state index contributed by atoms with van der Waals surface area (Å²) in [5.74, 6) is -1.20. The van der Waals surface area contributed by atoms with Crippen LogP contribution in [0.3, 0.4) is 0 Å². The van der Waals surface area contributed by atoms with Crippen molar-refractivity contribution in [3.05, 3.63) is 58.1 Å². The third-order valence-corrected chi connectivity index (χ3v) is 7.43. The van der Waals surface area contributed by atoms with Gasteiger partial charge in [-0.25, -0.2) is 8.42 Å². The summed E-state index contributed by atoms with van der Waals surface area (Å²) in [6.45, 7) is 3.52. The Morgan fingerprint density at radius 1 is 1.03 bits per heavy atom. The lowest BCUT2D eigenvalue weighted by atomic mass is 10.1. The fourth-order valence-electron chi connectivity index (χ4n) is 2.76. The van der Waals surface area contributed by atoms with Crippen LogP contribution >= 0.6 is 30.8 Å². The molecule has 31 heavy (non-hydrogen) atoms. The van der Waals surface area contributed by atoms with Crippen LogP contribution in [0.4, 0.5) is 11.4 Å². The van der Waals surface area contributed by atoms with Crippen LogP contribution in [0.1, 0.15) is 25.8 Å². The molecule has 2 aromatic rings. The van der Waals surface area contributed by atoms with Gasteiger partial charge < -0.3 is 15.1 Å². The van der Waals surface area contributed by atoms with Crippen LogP contribution in [-0.2, 0) is 25.1 Å². The number of anilines is 2. The van der Waals surface area contributed by atoms with Gasteiger partial charge in [-0.05, 0) is 54.3 Å². The van der Waals surface area contributed by atoms with Crippen molar-refractivity contribution in [1.82, 2.24) is 0 Å². The van der Waals surface area contributed by atoms with Gasteiger partial charge in [-0.2, -0.15) is 0 Å². The zero-order chi connectivity index (χ0) is 23.4. The molecule has 0 aliphatic rings. The molecule has 0 spiro atoms. The second kappa shape index (κ2) is 10.3. The first kappa shape index (κ1) is 25.6. The second-order valence-corrected chi connectivity index (χ2v) is 11.7. The lowest BCUT2D eigenvalue weighted by molar-refractivity contribution is -0.116. The molecule has 0 heterocycles. The van der Waals surface area contributed by atoms with Crippen molar-refractivity contribution >= 4 is 58.1 Å². The number of nitrogens with one attached hydrogen (secondary N) is 2. The molecule has 1 unspecified atom stereocenters. The van der Waals surface area contributed by atoms with Gasteiger partial charge in [0.1, 0.15) is 5.66 Å². The number of hydrogen-bond acceptors (Lipinski definition) is 4. The maximum absolute atomic E-state index is 12.4. The molecule has 0 bridgehead atoms. The Kier molecular flexibility index (Phi) is 8.55. The number of rotatable bonds is 9. The van der Waals surface area contributed by atoms with Gasteiger partial charge in [-0.3, -0.25) is 14.1 Å². The predicted molar refractivity (Wildman–Crippen MR) is 123 cm³/mol. The molecule has 0 fully saturated rings. The van der Waals surface area contributed by atoms with Crippen LogP contribution in [0.5, 0.6) is 0 Å². The molecule has 12 heteroatoms. The molecular formula is C19H23Cl2N2O6PS. The summed E-state index contributed by atoms with van der Waals surface area (Å²) in [5, 5.41) is 3.03. The van der Waals surface area contributed by atoms with E-state index in [2.05, 4.69) is 10.0 Å². The van der Waals surface area contributed by atoms with E-state index in [4.69, 9.17) is 23.2 Å². The number of benzene rings is 2. The van der Waals surface area contributed by atoms with E-state index in [1.54, 1.807) is 19.9 Å². The largest absolute Gasteiger partial charge is 0.337 e. The first-order valence-electron chi connectivity index (χ1n) is 9.17. The molecule has 1 amide bonds. The molecule has 0 saturated heterocycles. The Labute approximate surface area is 191 Å². The number of amides is 1. The van der Waals surface area contributed by atoms with Gasteiger partial charge in [0.2, 0.25) is 15.9 Å². The van der Waals surface area contributed by atoms with Gasteiger partial charge in [0.15, 0.2) is 0 Å². The smallest absolute Gasteiger partial charge is 0.325 e. The molecule has 2 aromatic carbocycles. The summed E-state index contributed by atoms with van der Waals surface area (Å²) in [6, 6.07) is 10.3. The zero-order valence-electron chi connectivity index (χ0n) is 16.7. The van der Waals surface area contributed by atoms with E-state index < -0.39 is 29.2 Å². The molecule has 0 aliphatic heterocycles. The minimum absolute atomic E-state index is 0.0305. The lowest BCUT2D eigenvalue weighted by Gasteiger charge is -2.19. The Balaban J connectivity index is 2.06. The average molecular weight is 509 g/mol.